The first-order valence-corrected chi connectivity index (χ1v) is 7.41. The minimum Gasteiger partial charge on any atom is -0.478 e. The normalized spacial score (nSPS) is 10.0. The maximum Gasteiger partial charge on any atom is 0.336 e. The van der Waals surface area contributed by atoms with Crippen LogP contribution in [0.3, 0.4) is 0 Å². The molecule has 3 N–H and O–H groups in total. The molecule has 0 saturated heterocycles. The van der Waals surface area contributed by atoms with Gasteiger partial charge in [-0.3, -0.25) is 0 Å². The van der Waals surface area contributed by atoms with Gasteiger partial charge < -0.3 is 15.7 Å². The number of hydrogen-bond acceptors (Lipinski definition) is 2. The van der Waals surface area contributed by atoms with Gasteiger partial charge >= 0.3 is 12.0 Å². The van der Waals surface area contributed by atoms with E-state index in [1.54, 1.807) is 30.3 Å². The number of aromatic carboxylic acids is 1. The minimum atomic E-state index is -1.07. The molecule has 21 heavy (non-hydrogen) atoms. The molecule has 0 radical (unpaired) electrons. The Bertz CT molecular complexity index is 704. The Hall–Kier alpha value is -1.86. The van der Waals surface area contributed by atoms with Crippen LogP contribution in [0.5, 0.6) is 0 Å². The highest BCUT2D eigenvalue weighted by molar-refractivity contribution is 9.10. The number of urea groups is 1. The number of amides is 2. The minimum absolute atomic E-state index is 0.0789. The maximum atomic E-state index is 11.9. The van der Waals surface area contributed by atoms with E-state index in [1.807, 2.05) is 6.07 Å². The molecule has 0 saturated carbocycles. The highest BCUT2D eigenvalue weighted by Crippen LogP contribution is 2.21. The number of benzene rings is 2. The van der Waals surface area contributed by atoms with E-state index >= 15 is 0 Å². The molecule has 0 aromatic heterocycles. The summed E-state index contributed by atoms with van der Waals surface area (Å²) in [7, 11) is 0. The van der Waals surface area contributed by atoms with Gasteiger partial charge in [0, 0.05) is 20.3 Å². The molecule has 0 aliphatic carbocycles. The van der Waals surface area contributed by atoms with Crippen LogP contribution in [-0.4, -0.2) is 17.1 Å². The third kappa shape index (κ3) is 4.30. The molecular formula is C14H10Br2N2O3. The third-order valence-electron chi connectivity index (χ3n) is 2.54. The molecular weight excluding hydrogens is 404 g/mol. The summed E-state index contributed by atoms with van der Waals surface area (Å²) in [5, 5.41) is 14.3. The van der Waals surface area contributed by atoms with Crippen molar-refractivity contribution in [3.05, 3.63) is 57.0 Å². The van der Waals surface area contributed by atoms with Crippen molar-refractivity contribution in [1.29, 1.82) is 0 Å². The third-order valence-corrected chi connectivity index (χ3v) is 3.72. The molecule has 0 heterocycles. The number of carbonyl (C=O) groups is 2. The molecule has 0 bridgehead atoms. The zero-order valence-corrected chi connectivity index (χ0v) is 13.7. The predicted molar refractivity (Wildman–Crippen MR) is 87.9 cm³/mol. The number of carboxylic acid groups (broad SMARTS) is 1. The molecule has 5 nitrogen and oxygen atoms in total. The average Bonchev–Trinajstić information content (AvgIpc) is 2.40. The first-order chi connectivity index (χ1) is 9.95. The number of nitrogens with one attached hydrogen (secondary N) is 2. The van der Waals surface area contributed by atoms with Crippen LogP contribution in [0.2, 0.25) is 0 Å². The van der Waals surface area contributed by atoms with Gasteiger partial charge in [-0.15, -0.1) is 0 Å². The van der Waals surface area contributed by atoms with Gasteiger partial charge in [-0.1, -0.05) is 22.0 Å². The van der Waals surface area contributed by atoms with E-state index in [2.05, 4.69) is 42.5 Å². The smallest absolute Gasteiger partial charge is 0.336 e. The van der Waals surface area contributed by atoms with Gasteiger partial charge in [0.15, 0.2) is 0 Å². The molecule has 2 aromatic rings. The summed E-state index contributed by atoms with van der Waals surface area (Å²) in [6.45, 7) is 0. The van der Waals surface area contributed by atoms with Gasteiger partial charge in [0.25, 0.3) is 0 Å². The Morgan fingerprint density at radius 2 is 1.62 bits per heavy atom. The molecule has 108 valence electrons. The van der Waals surface area contributed by atoms with Gasteiger partial charge in [0.05, 0.1) is 5.56 Å². The van der Waals surface area contributed by atoms with Crippen molar-refractivity contribution in [2.75, 3.05) is 10.6 Å². The summed E-state index contributed by atoms with van der Waals surface area (Å²) in [6, 6.07) is 11.2. The van der Waals surface area contributed by atoms with Crippen LogP contribution in [0.1, 0.15) is 10.4 Å². The lowest BCUT2D eigenvalue weighted by Crippen LogP contribution is -2.19. The van der Waals surface area contributed by atoms with Crippen LogP contribution in [0.4, 0.5) is 16.2 Å². The summed E-state index contributed by atoms with van der Waals surface area (Å²) < 4.78 is 1.30. The van der Waals surface area contributed by atoms with Crippen LogP contribution in [0.25, 0.3) is 0 Å². The quantitative estimate of drug-likeness (QED) is 0.690. The van der Waals surface area contributed by atoms with Crippen LogP contribution in [0, 0.1) is 0 Å². The topological polar surface area (TPSA) is 78.4 Å². The molecule has 0 atom stereocenters. The first-order valence-electron chi connectivity index (χ1n) is 5.82. The van der Waals surface area contributed by atoms with Crippen molar-refractivity contribution in [1.82, 2.24) is 0 Å². The van der Waals surface area contributed by atoms with E-state index < -0.39 is 12.0 Å². The Balaban J connectivity index is 2.09. The molecule has 0 unspecified atom stereocenters. The summed E-state index contributed by atoms with van der Waals surface area (Å²) in [6.07, 6.45) is 0. The number of halogens is 2. The lowest BCUT2D eigenvalue weighted by atomic mass is 10.2. The lowest BCUT2D eigenvalue weighted by molar-refractivity contribution is 0.0696. The van der Waals surface area contributed by atoms with Crippen molar-refractivity contribution in [2.24, 2.45) is 0 Å². The number of rotatable bonds is 3. The monoisotopic (exact) mass is 412 g/mol. The first kappa shape index (κ1) is 15.5. The van der Waals surface area contributed by atoms with E-state index in [1.165, 1.54) is 6.07 Å². The summed E-state index contributed by atoms with van der Waals surface area (Å²) >= 11 is 6.45. The van der Waals surface area contributed by atoms with Gasteiger partial charge in [-0.25, -0.2) is 9.59 Å². The molecule has 0 fully saturated rings. The highest BCUT2D eigenvalue weighted by atomic mass is 79.9. The molecule has 0 spiro atoms. The van der Waals surface area contributed by atoms with Gasteiger partial charge in [0.2, 0.25) is 0 Å². The Morgan fingerprint density at radius 3 is 2.24 bits per heavy atom. The Kier molecular flexibility index (Phi) is 4.98. The van der Waals surface area contributed by atoms with E-state index in [9.17, 15) is 9.59 Å². The summed E-state index contributed by atoms with van der Waals surface area (Å²) in [4.78, 5) is 22.9. The molecule has 2 aromatic carbocycles. The number of anilines is 2. The fraction of sp³-hybridized carbons (Fsp3) is 0. The Morgan fingerprint density at radius 1 is 0.952 bits per heavy atom. The zero-order chi connectivity index (χ0) is 15.4. The second-order valence-electron chi connectivity index (χ2n) is 4.09. The van der Waals surface area contributed by atoms with Crippen LogP contribution < -0.4 is 10.6 Å². The fourth-order valence-corrected chi connectivity index (χ4v) is 2.44. The predicted octanol–water partition coefficient (Wildman–Crippen LogP) is 4.55. The summed E-state index contributed by atoms with van der Waals surface area (Å²) in [5.41, 5.74) is 1.09. The van der Waals surface area contributed by atoms with Gasteiger partial charge in [0.1, 0.15) is 0 Å². The molecule has 2 amide bonds. The standard InChI is InChI=1S/C14H10Br2N2O3/c15-8-2-1-3-9(6-8)17-14(21)18-10-4-5-12(16)11(7-10)13(19)20/h1-7H,(H,19,20)(H2,17,18,21). The van der Waals surface area contributed by atoms with Gasteiger partial charge in [-0.05, 0) is 52.3 Å². The number of carboxylic acids is 1. The van der Waals surface area contributed by atoms with Crippen molar-refractivity contribution in [3.63, 3.8) is 0 Å². The highest BCUT2D eigenvalue weighted by Gasteiger charge is 2.10. The van der Waals surface area contributed by atoms with Crippen molar-refractivity contribution >= 4 is 55.2 Å². The van der Waals surface area contributed by atoms with E-state index in [-0.39, 0.29) is 5.56 Å². The van der Waals surface area contributed by atoms with Crippen LogP contribution in [0.15, 0.2) is 51.4 Å². The van der Waals surface area contributed by atoms with Crippen molar-refractivity contribution < 1.29 is 14.7 Å². The largest absolute Gasteiger partial charge is 0.478 e. The van der Waals surface area contributed by atoms with Crippen LogP contribution >= 0.6 is 31.9 Å². The average molecular weight is 414 g/mol. The second-order valence-corrected chi connectivity index (χ2v) is 5.86. The number of hydrogen-bond donors (Lipinski definition) is 3. The zero-order valence-electron chi connectivity index (χ0n) is 10.6. The second kappa shape index (κ2) is 6.73. The molecule has 7 heteroatoms. The Labute approximate surface area is 137 Å². The number of carbonyl (C=O) groups excluding carboxylic acids is 1. The molecule has 0 aliphatic heterocycles. The lowest BCUT2D eigenvalue weighted by Gasteiger charge is -2.09. The fourth-order valence-electron chi connectivity index (χ4n) is 1.63. The SMILES string of the molecule is O=C(Nc1cccc(Br)c1)Nc1ccc(Br)c(C(=O)O)c1. The van der Waals surface area contributed by atoms with Gasteiger partial charge in [-0.2, -0.15) is 0 Å². The molecule has 2 rings (SSSR count). The van der Waals surface area contributed by atoms with Crippen LogP contribution in [-0.2, 0) is 0 Å². The van der Waals surface area contributed by atoms with E-state index in [0.717, 1.165) is 4.47 Å². The van der Waals surface area contributed by atoms with Crippen molar-refractivity contribution in [3.8, 4) is 0 Å². The summed E-state index contributed by atoms with van der Waals surface area (Å²) in [5.74, 6) is -1.07. The maximum absolute atomic E-state index is 11.9. The van der Waals surface area contributed by atoms with E-state index in [0.29, 0.717) is 15.8 Å². The molecule has 0 aliphatic rings. The van der Waals surface area contributed by atoms with E-state index in [4.69, 9.17) is 5.11 Å². The van der Waals surface area contributed by atoms with Crippen molar-refractivity contribution in [2.45, 2.75) is 0 Å².